The second kappa shape index (κ2) is 8.23. The summed E-state index contributed by atoms with van der Waals surface area (Å²) in [7, 11) is 0. The lowest BCUT2D eigenvalue weighted by atomic mass is 10.1. The predicted octanol–water partition coefficient (Wildman–Crippen LogP) is 3.84. The van der Waals surface area contributed by atoms with Gasteiger partial charge in [0.2, 0.25) is 11.0 Å². The minimum absolute atomic E-state index is 0.00970. The van der Waals surface area contributed by atoms with E-state index in [1.807, 2.05) is 31.2 Å². The Morgan fingerprint density at radius 3 is 2.65 bits per heavy atom. The van der Waals surface area contributed by atoms with Crippen LogP contribution in [0.5, 0.6) is 0 Å². The molecule has 2 heterocycles. The first-order valence-electron chi connectivity index (χ1n) is 9.60. The van der Waals surface area contributed by atoms with Gasteiger partial charge in [-0.15, -0.1) is 10.2 Å². The van der Waals surface area contributed by atoms with Crippen molar-refractivity contribution >= 4 is 39.7 Å². The van der Waals surface area contributed by atoms with Crippen molar-refractivity contribution in [3.8, 4) is 0 Å². The van der Waals surface area contributed by atoms with Crippen molar-refractivity contribution in [2.24, 2.45) is 0 Å². The van der Waals surface area contributed by atoms with E-state index in [1.165, 1.54) is 17.4 Å². The maximum Gasteiger partial charge on any atom is 0.285 e. The van der Waals surface area contributed by atoms with Crippen molar-refractivity contribution in [3.63, 3.8) is 0 Å². The standard InChI is InChI=1S/C21H19N5O4S/c1-12-6-3-4-9-16(12)25-11-14(10-17(25)27)20-23-24-21(31-20)22-19(28)15-8-5-7-13(2)18(15)26(29)30/h3-9,14H,10-11H2,1-2H3,(H,22,24,28). The fourth-order valence-corrected chi connectivity index (χ4v) is 4.50. The summed E-state index contributed by atoms with van der Waals surface area (Å²) in [5.41, 5.74) is 2.01. The first kappa shape index (κ1) is 20.6. The van der Waals surface area contributed by atoms with Crippen LogP contribution in [0.4, 0.5) is 16.5 Å². The summed E-state index contributed by atoms with van der Waals surface area (Å²) in [5.74, 6) is -0.749. The van der Waals surface area contributed by atoms with Gasteiger partial charge in [0, 0.05) is 30.1 Å². The summed E-state index contributed by atoms with van der Waals surface area (Å²) in [4.78, 5) is 37.7. The number of carbonyl (C=O) groups excluding carboxylic acids is 2. The Kier molecular flexibility index (Phi) is 5.47. The molecule has 0 aliphatic carbocycles. The number of carbonyl (C=O) groups is 2. The fourth-order valence-electron chi connectivity index (χ4n) is 3.67. The molecule has 0 radical (unpaired) electrons. The van der Waals surface area contributed by atoms with Gasteiger partial charge in [-0.2, -0.15) is 0 Å². The number of amides is 2. The first-order chi connectivity index (χ1) is 14.8. The maximum atomic E-state index is 12.6. The molecule has 0 saturated carbocycles. The lowest BCUT2D eigenvalue weighted by Gasteiger charge is -2.18. The minimum Gasteiger partial charge on any atom is -0.311 e. The Morgan fingerprint density at radius 2 is 1.90 bits per heavy atom. The lowest BCUT2D eigenvalue weighted by Crippen LogP contribution is -2.25. The Balaban J connectivity index is 1.50. The number of hydrogen-bond acceptors (Lipinski definition) is 7. The van der Waals surface area contributed by atoms with Crippen molar-refractivity contribution in [1.29, 1.82) is 0 Å². The maximum absolute atomic E-state index is 12.6. The first-order valence-corrected chi connectivity index (χ1v) is 10.4. The summed E-state index contributed by atoms with van der Waals surface area (Å²) in [5, 5.41) is 23.0. The largest absolute Gasteiger partial charge is 0.311 e. The van der Waals surface area contributed by atoms with Crippen LogP contribution in [-0.2, 0) is 4.79 Å². The molecule has 1 N–H and O–H groups in total. The molecule has 4 rings (SSSR count). The van der Waals surface area contributed by atoms with E-state index in [0.717, 1.165) is 11.3 Å². The average Bonchev–Trinajstić information content (AvgIpc) is 3.34. The number of para-hydroxylation sites is 2. The summed E-state index contributed by atoms with van der Waals surface area (Å²) in [6.07, 6.45) is 0.306. The van der Waals surface area contributed by atoms with Crippen LogP contribution >= 0.6 is 11.3 Å². The third-order valence-corrected chi connectivity index (χ3v) is 6.21. The number of aromatic nitrogens is 2. The quantitative estimate of drug-likeness (QED) is 0.479. The van der Waals surface area contributed by atoms with E-state index < -0.39 is 10.8 Å². The number of benzene rings is 2. The molecule has 1 fully saturated rings. The van der Waals surface area contributed by atoms with Crippen molar-refractivity contribution in [2.75, 3.05) is 16.8 Å². The van der Waals surface area contributed by atoms with Crippen molar-refractivity contribution in [2.45, 2.75) is 26.2 Å². The molecule has 0 spiro atoms. The number of nitrogens with zero attached hydrogens (tertiary/aromatic N) is 4. The number of nitro groups is 1. The highest BCUT2D eigenvalue weighted by atomic mass is 32.1. The van der Waals surface area contributed by atoms with Crippen LogP contribution in [0.1, 0.15) is 38.8 Å². The molecule has 9 nitrogen and oxygen atoms in total. The summed E-state index contributed by atoms with van der Waals surface area (Å²) in [6.45, 7) is 4.02. The van der Waals surface area contributed by atoms with Crippen LogP contribution in [0.25, 0.3) is 0 Å². The van der Waals surface area contributed by atoms with E-state index in [0.29, 0.717) is 23.5 Å². The third-order valence-electron chi connectivity index (χ3n) is 5.21. The van der Waals surface area contributed by atoms with E-state index >= 15 is 0 Å². The second-order valence-electron chi connectivity index (χ2n) is 7.32. The van der Waals surface area contributed by atoms with Gasteiger partial charge in [0.1, 0.15) is 10.6 Å². The van der Waals surface area contributed by atoms with Gasteiger partial charge < -0.3 is 4.90 Å². The SMILES string of the molecule is Cc1ccccc1N1CC(c2nnc(NC(=O)c3cccc(C)c3[N+](=O)[O-])s2)CC1=O. The van der Waals surface area contributed by atoms with Crippen LogP contribution in [0.2, 0.25) is 0 Å². The molecule has 2 aromatic carbocycles. The summed E-state index contributed by atoms with van der Waals surface area (Å²) < 4.78 is 0. The number of nitrogens with one attached hydrogen (secondary N) is 1. The second-order valence-corrected chi connectivity index (χ2v) is 8.33. The van der Waals surface area contributed by atoms with Gasteiger partial charge in [-0.05, 0) is 31.5 Å². The van der Waals surface area contributed by atoms with Crippen LogP contribution in [0.15, 0.2) is 42.5 Å². The number of rotatable bonds is 5. The summed E-state index contributed by atoms with van der Waals surface area (Å²) >= 11 is 1.17. The van der Waals surface area contributed by atoms with Gasteiger partial charge in [0.05, 0.1) is 4.92 Å². The number of nitro benzene ring substituents is 1. The van der Waals surface area contributed by atoms with E-state index in [-0.39, 0.29) is 28.2 Å². The zero-order valence-electron chi connectivity index (χ0n) is 16.9. The van der Waals surface area contributed by atoms with Gasteiger partial charge in [0.15, 0.2) is 0 Å². The fraction of sp³-hybridized carbons (Fsp3) is 0.238. The third kappa shape index (κ3) is 4.02. The van der Waals surface area contributed by atoms with E-state index in [4.69, 9.17) is 0 Å². The van der Waals surface area contributed by atoms with Gasteiger partial charge in [-0.25, -0.2) is 0 Å². The number of hydrogen-bond donors (Lipinski definition) is 1. The Morgan fingerprint density at radius 1 is 1.16 bits per heavy atom. The lowest BCUT2D eigenvalue weighted by molar-refractivity contribution is -0.385. The van der Waals surface area contributed by atoms with E-state index in [2.05, 4.69) is 15.5 Å². The van der Waals surface area contributed by atoms with Crippen LogP contribution in [0, 0.1) is 24.0 Å². The minimum atomic E-state index is -0.623. The molecule has 1 aromatic heterocycles. The molecule has 158 valence electrons. The van der Waals surface area contributed by atoms with E-state index in [1.54, 1.807) is 24.0 Å². The van der Waals surface area contributed by atoms with Crippen molar-refractivity contribution < 1.29 is 14.5 Å². The predicted molar refractivity (Wildman–Crippen MR) is 117 cm³/mol. The number of aryl methyl sites for hydroxylation is 2. The van der Waals surface area contributed by atoms with Gasteiger partial charge in [-0.1, -0.05) is 41.7 Å². The molecule has 2 amide bonds. The van der Waals surface area contributed by atoms with Gasteiger partial charge in [-0.3, -0.25) is 25.0 Å². The Hall–Kier alpha value is -3.66. The van der Waals surface area contributed by atoms with Crippen LogP contribution < -0.4 is 10.2 Å². The topological polar surface area (TPSA) is 118 Å². The van der Waals surface area contributed by atoms with Crippen LogP contribution in [-0.4, -0.2) is 33.5 Å². The molecule has 1 aliphatic heterocycles. The monoisotopic (exact) mass is 437 g/mol. The molecule has 1 atom stereocenters. The van der Waals surface area contributed by atoms with E-state index in [9.17, 15) is 19.7 Å². The molecule has 0 bridgehead atoms. The average molecular weight is 437 g/mol. The highest BCUT2D eigenvalue weighted by Gasteiger charge is 2.34. The van der Waals surface area contributed by atoms with Crippen molar-refractivity contribution in [3.05, 3.63) is 74.3 Å². The molecular formula is C21H19N5O4S. The molecule has 31 heavy (non-hydrogen) atoms. The smallest absolute Gasteiger partial charge is 0.285 e. The summed E-state index contributed by atoms with van der Waals surface area (Å²) in [6, 6.07) is 12.3. The molecule has 1 saturated heterocycles. The molecule has 10 heteroatoms. The normalized spacial score (nSPS) is 15.9. The molecule has 3 aromatic rings. The van der Waals surface area contributed by atoms with Gasteiger partial charge in [0.25, 0.3) is 11.6 Å². The highest BCUT2D eigenvalue weighted by Crippen LogP contribution is 2.35. The zero-order chi connectivity index (χ0) is 22.1. The zero-order valence-corrected chi connectivity index (χ0v) is 17.7. The van der Waals surface area contributed by atoms with Crippen LogP contribution in [0.3, 0.4) is 0 Å². The van der Waals surface area contributed by atoms with Crippen molar-refractivity contribution in [1.82, 2.24) is 10.2 Å². The van der Waals surface area contributed by atoms with Gasteiger partial charge >= 0.3 is 0 Å². The molecule has 1 unspecified atom stereocenters. The Bertz CT molecular complexity index is 1190. The number of anilines is 2. The highest BCUT2D eigenvalue weighted by molar-refractivity contribution is 7.15. The molecular weight excluding hydrogens is 418 g/mol. The Labute approximate surface area is 181 Å². The molecule has 1 aliphatic rings.